The van der Waals surface area contributed by atoms with Gasteiger partial charge in [-0.3, -0.25) is 0 Å². The number of thiophene rings is 1. The van der Waals surface area contributed by atoms with E-state index >= 15 is 0 Å². The van der Waals surface area contributed by atoms with Crippen LogP contribution in [0.5, 0.6) is 0 Å². The van der Waals surface area contributed by atoms with Crippen LogP contribution in [0.1, 0.15) is 6.85 Å². The molecule has 0 saturated heterocycles. The molecule has 0 saturated carbocycles. The van der Waals surface area contributed by atoms with Crippen LogP contribution in [-0.2, 0) is 0 Å². The van der Waals surface area contributed by atoms with Crippen molar-refractivity contribution < 1.29 is 11.3 Å². The summed E-state index contributed by atoms with van der Waals surface area (Å²) in [5, 5.41) is 8.35. The van der Waals surface area contributed by atoms with Crippen LogP contribution in [0.3, 0.4) is 0 Å². The van der Waals surface area contributed by atoms with Crippen molar-refractivity contribution in [2.45, 2.75) is 0 Å². The lowest BCUT2D eigenvalue weighted by Gasteiger charge is -2.26. The van der Waals surface area contributed by atoms with Gasteiger partial charge in [0, 0.05) is 65.4 Å². The summed E-state index contributed by atoms with van der Waals surface area (Å²) in [4.78, 5) is 4.36. The summed E-state index contributed by atoms with van der Waals surface area (Å²) < 4.78 is 53.9. The van der Waals surface area contributed by atoms with Crippen molar-refractivity contribution in [2.24, 2.45) is 0 Å². The lowest BCUT2D eigenvalue weighted by molar-refractivity contribution is 0.669. The van der Waals surface area contributed by atoms with Crippen molar-refractivity contribution in [2.75, 3.05) is 9.80 Å². The summed E-state index contributed by atoms with van der Waals surface area (Å²) in [6, 6.07) is 62.6. The highest BCUT2D eigenvalue weighted by Gasteiger charge is 2.22. The third kappa shape index (κ3) is 5.72. The van der Waals surface area contributed by atoms with Crippen LogP contribution in [0.4, 0.5) is 34.1 Å². The summed E-state index contributed by atoms with van der Waals surface area (Å²) in [6.07, 6.45) is 0. The fourth-order valence-corrected chi connectivity index (χ4v) is 9.87. The molecule has 0 amide bonds. The number of para-hydroxylation sites is 2. The maximum absolute atomic E-state index is 9.31. The molecule has 2 aromatic heterocycles. The van der Waals surface area contributed by atoms with Crippen molar-refractivity contribution in [3.63, 3.8) is 0 Å². The minimum Gasteiger partial charge on any atom is -0.456 e. The molecule has 282 valence electrons. The Labute approximate surface area is 358 Å². The molecule has 0 atom stereocenters. The SMILES string of the molecule is [2H]c1c([2H])c([2H])c(-c2cc(N(c3ccccc3)c3ccc4sc5ccc6ccccc6c5c4c3)cc3oc4ccc(N(c5ccccc5)c5ccc6ccccc6c5)cc4c23)c([2H])c1[2H]. The molecule has 60 heavy (non-hydrogen) atoms. The van der Waals surface area contributed by atoms with E-state index in [1.54, 1.807) is 11.3 Å². The van der Waals surface area contributed by atoms with Gasteiger partial charge in [-0.05, 0) is 118 Å². The predicted octanol–water partition coefficient (Wildman–Crippen LogP) is 16.9. The van der Waals surface area contributed by atoms with Gasteiger partial charge in [-0.15, -0.1) is 11.3 Å². The highest BCUT2D eigenvalue weighted by Crippen LogP contribution is 2.47. The zero-order valence-corrected chi connectivity index (χ0v) is 32.9. The van der Waals surface area contributed by atoms with Gasteiger partial charge in [0.05, 0.1) is 12.5 Å². The van der Waals surface area contributed by atoms with Gasteiger partial charge in [0.25, 0.3) is 0 Å². The molecule has 0 unspecified atom stereocenters. The maximum Gasteiger partial charge on any atom is 0.138 e. The second-order valence-electron chi connectivity index (χ2n) is 15.0. The molecule has 0 aliphatic heterocycles. The van der Waals surface area contributed by atoms with Crippen molar-refractivity contribution in [1.29, 1.82) is 0 Å². The Kier molecular flexibility index (Phi) is 6.90. The number of nitrogens with zero attached hydrogens (tertiary/aromatic N) is 2. The highest BCUT2D eigenvalue weighted by atomic mass is 32.1. The van der Waals surface area contributed by atoms with Gasteiger partial charge in [-0.2, -0.15) is 0 Å². The molecule has 0 aliphatic carbocycles. The standard InChI is InChI=1S/C56H36N2OS/c1-4-15-38(16-5-1)48-35-46(58(42-21-8-3-9-22-42)45-28-31-53-50(34-45)56-47-23-13-12-17-39(47)25-30-54(56)60-53)36-52-55(48)49-33-44(27-29-51(49)59-52)57(41-19-6-2-7-20-41)43-26-24-37-14-10-11-18-40(37)32-43/h1-36H/i1D,4D,5D,15D,16D. The second kappa shape index (κ2) is 14.0. The Morgan fingerprint density at radius 1 is 0.383 bits per heavy atom. The molecule has 0 radical (unpaired) electrons. The number of hydrogen-bond donors (Lipinski definition) is 0. The van der Waals surface area contributed by atoms with Gasteiger partial charge in [0.15, 0.2) is 0 Å². The minimum absolute atomic E-state index is 0.101. The van der Waals surface area contributed by atoms with Crippen molar-refractivity contribution in [1.82, 2.24) is 0 Å². The third-order valence-electron chi connectivity index (χ3n) is 11.4. The number of furan rings is 1. The topological polar surface area (TPSA) is 19.6 Å². The first-order valence-electron chi connectivity index (χ1n) is 22.4. The summed E-state index contributed by atoms with van der Waals surface area (Å²) in [7, 11) is 0. The average Bonchev–Trinajstić information content (AvgIpc) is 3.92. The van der Waals surface area contributed by atoms with E-state index in [2.05, 4.69) is 125 Å². The first-order valence-corrected chi connectivity index (χ1v) is 20.7. The van der Waals surface area contributed by atoms with Crippen molar-refractivity contribution in [3.8, 4) is 11.1 Å². The molecule has 4 heteroatoms. The zero-order valence-electron chi connectivity index (χ0n) is 37.1. The lowest BCUT2D eigenvalue weighted by Crippen LogP contribution is -2.10. The van der Waals surface area contributed by atoms with Crippen molar-refractivity contribution >= 4 is 109 Å². The molecule has 0 spiro atoms. The Bertz CT molecular complexity index is 3840. The van der Waals surface area contributed by atoms with E-state index in [-0.39, 0.29) is 17.6 Å². The molecule has 2 heterocycles. The molecule has 12 aromatic rings. The van der Waals surface area contributed by atoms with Crippen LogP contribution < -0.4 is 9.80 Å². The Balaban J connectivity index is 1.13. The van der Waals surface area contributed by atoms with Crippen LogP contribution >= 0.6 is 11.3 Å². The molecule has 0 aliphatic rings. The Morgan fingerprint density at radius 2 is 0.983 bits per heavy atom. The van der Waals surface area contributed by atoms with Gasteiger partial charge < -0.3 is 14.2 Å². The van der Waals surface area contributed by atoms with Crippen LogP contribution in [0, 0.1) is 0 Å². The highest BCUT2D eigenvalue weighted by molar-refractivity contribution is 7.26. The molecule has 0 bridgehead atoms. The van der Waals surface area contributed by atoms with Crippen LogP contribution in [0.15, 0.2) is 223 Å². The molecular formula is C56H36N2OS. The third-order valence-corrected chi connectivity index (χ3v) is 12.6. The molecule has 3 nitrogen and oxygen atoms in total. The smallest absolute Gasteiger partial charge is 0.138 e. The number of fused-ring (bicyclic) bond motifs is 9. The van der Waals surface area contributed by atoms with Crippen LogP contribution in [0.2, 0.25) is 0 Å². The van der Waals surface area contributed by atoms with E-state index in [1.165, 1.54) is 25.6 Å². The fraction of sp³-hybridized carbons (Fsp3) is 0. The molecule has 12 rings (SSSR count). The molecular weight excluding hydrogens is 749 g/mol. The maximum atomic E-state index is 9.31. The summed E-state index contributed by atoms with van der Waals surface area (Å²) >= 11 is 1.77. The molecule has 10 aromatic carbocycles. The van der Waals surface area contributed by atoms with Gasteiger partial charge >= 0.3 is 0 Å². The van der Waals surface area contributed by atoms with E-state index in [9.17, 15) is 2.74 Å². The number of hydrogen-bond acceptors (Lipinski definition) is 4. The summed E-state index contributed by atoms with van der Waals surface area (Å²) in [6.45, 7) is 0. The Hall–Kier alpha value is -7.66. The molecule has 0 fully saturated rings. The van der Waals surface area contributed by atoms with E-state index in [0.717, 1.165) is 50.0 Å². The normalized spacial score (nSPS) is 12.8. The fourth-order valence-electron chi connectivity index (χ4n) is 8.77. The first kappa shape index (κ1) is 29.5. The van der Waals surface area contributed by atoms with E-state index in [1.807, 2.05) is 72.8 Å². The lowest BCUT2D eigenvalue weighted by atomic mass is 9.97. The van der Waals surface area contributed by atoms with Gasteiger partial charge in [-0.1, -0.05) is 127 Å². The van der Waals surface area contributed by atoms with Crippen molar-refractivity contribution in [3.05, 3.63) is 218 Å². The van der Waals surface area contributed by atoms with E-state index in [4.69, 9.17) is 8.53 Å². The monoisotopic (exact) mass is 789 g/mol. The summed E-state index contributed by atoms with van der Waals surface area (Å²) in [5.41, 5.74) is 6.98. The number of anilines is 6. The minimum atomic E-state index is -0.445. The Morgan fingerprint density at radius 3 is 1.77 bits per heavy atom. The molecule has 0 N–H and O–H groups in total. The van der Waals surface area contributed by atoms with E-state index < -0.39 is 18.1 Å². The number of rotatable bonds is 7. The summed E-state index contributed by atoms with van der Waals surface area (Å²) in [5.74, 6) is 0. The zero-order chi connectivity index (χ0) is 43.9. The van der Waals surface area contributed by atoms with E-state index in [0.29, 0.717) is 27.8 Å². The first-order chi connectivity index (χ1) is 31.8. The van der Waals surface area contributed by atoms with Gasteiger partial charge in [-0.25, -0.2) is 0 Å². The number of benzene rings is 10. The average molecular weight is 790 g/mol. The second-order valence-corrected chi connectivity index (χ2v) is 16.0. The quantitative estimate of drug-likeness (QED) is 0.160. The van der Waals surface area contributed by atoms with Crippen LogP contribution in [0.25, 0.3) is 74.8 Å². The van der Waals surface area contributed by atoms with Gasteiger partial charge in [0.2, 0.25) is 0 Å². The largest absolute Gasteiger partial charge is 0.456 e. The predicted molar refractivity (Wildman–Crippen MR) is 256 cm³/mol. The van der Waals surface area contributed by atoms with Gasteiger partial charge in [0.1, 0.15) is 11.2 Å². The van der Waals surface area contributed by atoms with Crippen LogP contribution in [-0.4, -0.2) is 0 Å².